The van der Waals surface area contributed by atoms with E-state index in [-0.39, 0.29) is 157 Å². The Labute approximate surface area is 395 Å². The molecule has 0 spiro atoms. The molecule has 5 aromatic rings. The Morgan fingerprint density at radius 2 is 1.19 bits per heavy atom. The normalized spacial score (nSPS) is 8.89. The van der Waals surface area contributed by atoms with Gasteiger partial charge in [0.2, 0.25) is 0 Å². The van der Waals surface area contributed by atoms with E-state index < -0.39 is 22.5 Å². The quantitative estimate of drug-likeness (QED) is 0.0293. The van der Waals surface area contributed by atoms with Gasteiger partial charge < -0.3 is 56.1 Å². The Morgan fingerprint density at radius 1 is 0.774 bits per heavy atom. The van der Waals surface area contributed by atoms with E-state index in [4.69, 9.17) is 56.0 Å². The summed E-state index contributed by atoms with van der Waals surface area (Å²) < 4.78 is 15.6. The van der Waals surface area contributed by atoms with E-state index >= 15 is 0 Å². The number of carbonyl (C=O) groups is 3. The smallest absolute Gasteiger partial charge is 1.00 e. The van der Waals surface area contributed by atoms with Crippen molar-refractivity contribution in [3.05, 3.63) is 100 Å². The van der Waals surface area contributed by atoms with Crippen LogP contribution in [-0.2, 0) is 9.68 Å². The maximum absolute atomic E-state index is 12.1. The first-order valence-corrected chi connectivity index (χ1v) is 14.0. The van der Waals surface area contributed by atoms with Crippen LogP contribution >= 0.6 is 11.6 Å². The number of phenolic OH excluding ortho intramolecular Hbond substituents is 5. The van der Waals surface area contributed by atoms with Crippen molar-refractivity contribution >= 4 is 40.1 Å². The van der Waals surface area contributed by atoms with Gasteiger partial charge in [0.25, 0.3) is 11.7 Å². The second-order valence-corrected chi connectivity index (χ2v) is 9.49. The number of ether oxygens (including phenoxy) is 2. The van der Waals surface area contributed by atoms with Crippen LogP contribution in [0.4, 0.5) is 0 Å². The van der Waals surface area contributed by atoms with E-state index in [9.17, 15) is 24.6 Å². The van der Waals surface area contributed by atoms with E-state index in [1.807, 2.05) is 0 Å². The minimum Gasteiger partial charge on any atom is -1.00 e. The van der Waals surface area contributed by atoms with Crippen LogP contribution in [0.15, 0.2) is 88.1 Å². The molecule has 15 nitrogen and oxygen atoms in total. The van der Waals surface area contributed by atoms with Crippen LogP contribution in [0.1, 0.15) is 36.5 Å². The SMILES string of the molecule is C.CC(=O)c1c(O)cc(O)cc1O.CO.COc1ccc(-c2cc(=O)c3c(O)cc(O)cc3o2)cc1.COc1ccc(C(=O)Cl)cc1.O=CO[O-].[H-].[K+].[K+]. The van der Waals surface area contributed by atoms with E-state index in [1.54, 1.807) is 62.8 Å². The van der Waals surface area contributed by atoms with Crippen LogP contribution in [0.5, 0.6) is 40.2 Å². The molecule has 0 amide bonds. The summed E-state index contributed by atoms with van der Waals surface area (Å²) in [6.07, 6.45) is 0. The first-order valence-electron chi connectivity index (χ1n) is 13.7. The minimum absolute atomic E-state index is 0. The Morgan fingerprint density at radius 3 is 1.58 bits per heavy atom. The van der Waals surface area contributed by atoms with Gasteiger partial charge in [0.15, 0.2) is 11.2 Å². The number of rotatable bonds is 6. The van der Waals surface area contributed by atoms with Crippen LogP contribution in [-0.4, -0.2) is 69.5 Å². The summed E-state index contributed by atoms with van der Waals surface area (Å²) in [6, 6.07) is 19.3. The third-order valence-electron chi connectivity index (χ3n) is 5.96. The number of phenols is 5. The van der Waals surface area contributed by atoms with E-state index in [1.165, 1.54) is 19.1 Å². The van der Waals surface area contributed by atoms with Crippen molar-refractivity contribution in [2.75, 3.05) is 21.3 Å². The van der Waals surface area contributed by atoms with Crippen molar-refractivity contribution in [3.8, 4) is 51.6 Å². The van der Waals surface area contributed by atoms with Gasteiger partial charge in [0, 0.05) is 48.6 Å². The topological polar surface area (TPSA) is 254 Å². The van der Waals surface area contributed by atoms with Crippen molar-refractivity contribution in [2.24, 2.45) is 0 Å². The molecule has 0 aliphatic rings. The number of halogens is 1. The molecule has 0 atom stereocenters. The number of hydrogen-bond donors (Lipinski definition) is 6. The molecule has 0 saturated heterocycles. The molecule has 0 fully saturated rings. The maximum atomic E-state index is 12.1. The molecule has 276 valence electrons. The molecule has 4 aromatic carbocycles. The number of fused-ring (bicyclic) bond motifs is 1. The van der Waals surface area contributed by atoms with Crippen molar-refractivity contribution in [1.29, 1.82) is 0 Å². The maximum Gasteiger partial charge on any atom is 1.00 e. The van der Waals surface area contributed by atoms with Gasteiger partial charge in [-0.25, -0.2) is 0 Å². The van der Waals surface area contributed by atoms with Crippen LogP contribution in [0.25, 0.3) is 22.3 Å². The Bertz CT molecular complexity index is 1920. The summed E-state index contributed by atoms with van der Waals surface area (Å²) >= 11 is 5.22. The zero-order valence-corrected chi connectivity index (χ0v) is 35.8. The van der Waals surface area contributed by atoms with Crippen molar-refractivity contribution in [1.82, 2.24) is 0 Å². The molecule has 5 rings (SSSR count). The Balaban J connectivity index is -0.000000329. The van der Waals surface area contributed by atoms with Crippen molar-refractivity contribution < 1.29 is 173 Å². The summed E-state index contributed by atoms with van der Waals surface area (Å²) in [6.45, 7) is 1.03. The molecule has 1 heterocycles. The predicted octanol–water partition coefficient (Wildman–Crippen LogP) is -1.24. The second-order valence-electron chi connectivity index (χ2n) is 9.15. The number of aromatic hydroxyl groups is 5. The first kappa shape index (κ1) is 54.3. The summed E-state index contributed by atoms with van der Waals surface area (Å²) in [5.74, 6) is -0.293. The number of methoxy groups -OCH3 is 2. The molecular weight excluding hydrogens is 774 g/mol. The molecule has 0 bridgehead atoms. The Hall–Kier alpha value is -3.02. The zero-order chi connectivity index (χ0) is 38.0. The van der Waals surface area contributed by atoms with Gasteiger partial charge in [-0.3, -0.25) is 19.2 Å². The molecule has 1 aromatic heterocycles. The van der Waals surface area contributed by atoms with Gasteiger partial charge in [-0.1, -0.05) is 7.43 Å². The molecule has 0 radical (unpaired) electrons. The van der Waals surface area contributed by atoms with E-state index in [0.717, 1.165) is 25.3 Å². The first-order chi connectivity index (χ1) is 23.8. The number of hydrogen-bond acceptors (Lipinski definition) is 15. The Kier molecular flexibility index (Phi) is 29.1. The number of aliphatic hydroxyl groups is 1. The number of Topliss-reactive ketones (excluding diaryl/α,β-unsaturated/α-hetero) is 1. The van der Waals surface area contributed by atoms with E-state index in [2.05, 4.69) is 4.89 Å². The van der Waals surface area contributed by atoms with Gasteiger partial charge in [-0.15, -0.1) is 0 Å². The monoisotopic (exact) mass is 810 g/mol. The summed E-state index contributed by atoms with van der Waals surface area (Å²) in [7, 11) is 4.13. The fourth-order valence-electron chi connectivity index (χ4n) is 3.83. The van der Waals surface area contributed by atoms with Gasteiger partial charge in [-0.05, 0) is 67.1 Å². The number of carbonyl (C=O) groups excluding carboxylic acids is 3. The predicted molar refractivity (Wildman–Crippen MR) is 186 cm³/mol. The van der Waals surface area contributed by atoms with E-state index in [0.29, 0.717) is 28.4 Å². The molecule has 0 aliphatic carbocycles. The standard InChI is InChI=1S/C16H12O5.C8H7ClO2.C8H8O4.CH2O3.CH4O.CH4.2K.H/c1-20-11-4-2-9(3-5-11)14-8-13(19)16-12(18)6-10(17)7-15(16)21-14;1-11-7-4-2-6(3-5-7)8(9)10;1-4(9)8-6(11)2-5(10)3-7(8)12;2-1-4-3;1-2;;;;/h2-8,17-18H,1H3;2-5H,1H3;2-3,10-12H,1H3;1,3H;2H,1H3;1H4;;;/q;;;;;;2*+1;-1/p-1. The third kappa shape index (κ3) is 17.8. The van der Waals surface area contributed by atoms with Gasteiger partial charge in [-0.2, -0.15) is 0 Å². The minimum atomic E-state index is -0.454. The van der Waals surface area contributed by atoms with Gasteiger partial charge in [0.1, 0.15) is 62.5 Å². The van der Waals surface area contributed by atoms with Crippen LogP contribution in [0.3, 0.4) is 0 Å². The molecule has 0 aliphatic heterocycles. The third-order valence-corrected chi connectivity index (χ3v) is 6.18. The molecular formula is C35H37ClK2O15. The summed E-state index contributed by atoms with van der Waals surface area (Å²) in [5, 5.41) is 61.3. The van der Waals surface area contributed by atoms with Crippen molar-refractivity contribution in [2.45, 2.75) is 14.4 Å². The number of benzene rings is 4. The summed E-state index contributed by atoms with van der Waals surface area (Å²) in [5.41, 5.74) is 0.753. The fourth-order valence-corrected chi connectivity index (χ4v) is 3.96. The van der Waals surface area contributed by atoms with Gasteiger partial charge in [0.05, 0.1) is 14.2 Å². The molecule has 0 unspecified atom stereocenters. The zero-order valence-electron chi connectivity index (χ0n) is 29.8. The summed E-state index contributed by atoms with van der Waals surface area (Å²) in [4.78, 5) is 44.7. The van der Waals surface area contributed by atoms with Crippen LogP contribution in [0.2, 0.25) is 0 Å². The number of aliphatic hydroxyl groups excluding tert-OH is 1. The molecule has 0 saturated carbocycles. The molecule has 18 heteroatoms. The van der Waals surface area contributed by atoms with Crippen molar-refractivity contribution in [3.63, 3.8) is 0 Å². The van der Waals surface area contributed by atoms with Crippen LogP contribution < -0.4 is 123 Å². The largest absolute Gasteiger partial charge is 1.00 e. The number of ketones is 1. The second kappa shape index (κ2) is 28.4. The average molecular weight is 811 g/mol. The van der Waals surface area contributed by atoms with Gasteiger partial charge >= 0.3 is 103 Å². The van der Waals surface area contributed by atoms with Crippen LogP contribution in [0, 0.1) is 0 Å². The molecule has 6 N–H and O–H groups in total. The fraction of sp³-hybridized carbons (Fsp3) is 0.143. The molecule has 53 heavy (non-hydrogen) atoms. The average Bonchev–Trinajstić information content (AvgIpc) is 3.08.